The summed E-state index contributed by atoms with van der Waals surface area (Å²) in [6.07, 6.45) is 7.57. The molecule has 2 aliphatic rings. The van der Waals surface area contributed by atoms with Crippen molar-refractivity contribution >= 4 is 30.0 Å². The Morgan fingerprint density at radius 1 is 0.952 bits per heavy atom. The lowest BCUT2D eigenvalue weighted by molar-refractivity contribution is 0.0386. The number of hydrogen-bond donors (Lipinski definition) is 1. The van der Waals surface area contributed by atoms with E-state index < -0.39 is 0 Å². The minimum absolute atomic E-state index is 0. The second-order valence-corrected chi connectivity index (χ2v) is 11.8. The molecule has 0 bridgehead atoms. The van der Waals surface area contributed by atoms with Crippen molar-refractivity contribution in [3.8, 4) is 0 Å². The molecule has 2 saturated heterocycles. The predicted octanol–water partition coefficient (Wildman–Crippen LogP) is 6.51. The first kappa shape index (κ1) is 33.9. The van der Waals surface area contributed by atoms with Crippen LogP contribution in [0.15, 0.2) is 48.5 Å². The van der Waals surface area contributed by atoms with Crippen molar-refractivity contribution in [1.82, 2.24) is 14.7 Å². The van der Waals surface area contributed by atoms with Crippen LogP contribution in [0.5, 0.6) is 0 Å². The van der Waals surface area contributed by atoms with Crippen LogP contribution in [0, 0.1) is 5.92 Å². The Bertz CT molecular complexity index is 1100. The van der Waals surface area contributed by atoms with Crippen LogP contribution in [-0.4, -0.2) is 85.2 Å². The van der Waals surface area contributed by atoms with E-state index in [0.29, 0.717) is 43.8 Å². The van der Waals surface area contributed by atoms with E-state index in [9.17, 15) is 9.59 Å². The van der Waals surface area contributed by atoms with Crippen LogP contribution < -0.4 is 5.32 Å². The molecular weight excluding hydrogens is 548 g/mol. The van der Waals surface area contributed by atoms with Gasteiger partial charge in [-0.3, -0.25) is 4.79 Å². The molecule has 1 unspecified atom stereocenters. The normalized spacial score (nSPS) is 16.7. The van der Waals surface area contributed by atoms with Crippen molar-refractivity contribution in [2.75, 3.05) is 57.8 Å². The van der Waals surface area contributed by atoms with Gasteiger partial charge in [0, 0.05) is 50.0 Å². The Morgan fingerprint density at radius 2 is 1.64 bits per heavy atom. The number of amides is 3. The van der Waals surface area contributed by atoms with Gasteiger partial charge in [-0.05, 0) is 93.3 Å². The third-order valence-electron chi connectivity index (χ3n) is 8.54. The van der Waals surface area contributed by atoms with Crippen LogP contribution in [0.3, 0.4) is 0 Å². The SMILES string of the molecule is CCCCc1ccc(C(=O)Nc2cccc(CC(C)N(CCC)CC3CCN(C(=O)N4CCOCC4)CC3)c2)cc1.Cl. The van der Waals surface area contributed by atoms with Gasteiger partial charge in [0.25, 0.3) is 5.91 Å². The maximum Gasteiger partial charge on any atom is 0.320 e. The zero-order valence-electron chi connectivity index (χ0n) is 25.9. The molecule has 42 heavy (non-hydrogen) atoms. The Morgan fingerprint density at radius 3 is 2.31 bits per heavy atom. The summed E-state index contributed by atoms with van der Waals surface area (Å²) >= 11 is 0. The molecule has 7 nitrogen and oxygen atoms in total. The number of anilines is 1. The Labute approximate surface area is 259 Å². The first-order chi connectivity index (χ1) is 20.0. The lowest BCUT2D eigenvalue weighted by Gasteiger charge is -2.39. The molecule has 4 rings (SSSR count). The van der Waals surface area contributed by atoms with Crippen molar-refractivity contribution < 1.29 is 14.3 Å². The van der Waals surface area contributed by atoms with Gasteiger partial charge < -0.3 is 24.8 Å². The summed E-state index contributed by atoms with van der Waals surface area (Å²) in [5.41, 5.74) is 4.05. The number of rotatable bonds is 12. The molecule has 0 saturated carbocycles. The van der Waals surface area contributed by atoms with Crippen LogP contribution in [0.4, 0.5) is 10.5 Å². The fourth-order valence-electron chi connectivity index (χ4n) is 6.03. The van der Waals surface area contributed by atoms with Gasteiger partial charge in [0.05, 0.1) is 13.2 Å². The molecule has 0 radical (unpaired) electrons. The van der Waals surface area contributed by atoms with Crippen LogP contribution in [0.1, 0.15) is 74.4 Å². The highest BCUT2D eigenvalue weighted by molar-refractivity contribution is 6.04. The lowest BCUT2D eigenvalue weighted by atomic mass is 9.95. The summed E-state index contributed by atoms with van der Waals surface area (Å²) in [4.78, 5) is 32.4. The van der Waals surface area contributed by atoms with Crippen molar-refractivity contribution in [2.24, 2.45) is 5.92 Å². The summed E-state index contributed by atoms with van der Waals surface area (Å²) in [7, 11) is 0. The number of piperidine rings is 1. The molecular formula is C34H51ClN4O3. The van der Waals surface area contributed by atoms with E-state index in [1.165, 1.54) is 24.0 Å². The molecule has 2 aromatic carbocycles. The summed E-state index contributed by atoms with van der Waals surface area (Å²) < 4.78 is 5.40. The van der Waals surface area contributed by atoms with Gasteiger partial charge in [-0.2, -0.15) is 0 Å². The average molecular weight is 599 g/mol. The van der Waals surface area contributed by atoms with E-state index in [4.69, 9.17) is 4.74 Å². The highest BCUT2D eigenvalue weighted by Crippen LogP contribution is 2.23. The van der Waals surface area contributed by atoms with Gasteiger partial charge in [0.1, 0.15) is 0 Å². The summed E-state index contributed by atoms with van der Waals surface area (Å²) in [5, 5.41) is 3.10. The number of aryl methyl sites for hydroxylation is 1. The van der Waals surface area contributed by atoms with Crippen LogP contribution in [0.2, 0.25) is 0 Å². The molecule has 1 atom stereocenters. The molecule has 0 spiro atoms. The zero-order chi connectivity index (χ0) is 29.0. The van der Waals surface area contributed by atoms with Crippen LogP contribution >= 0.6 is 12.4 Å². The van der Waals surface area contributed by atoms with E-state index in [2.05, 4.69) is 55.3 Å². The van der Waals surface area contributed by atoms with E-state index in [-0.39, 0.29) is 24.3 Å². The maximum absolute atomic E-state index is 12.9. The molecule has 232 valence electrons. The maximum atomic E-state index is 12.9. The largest absolute Gasteiger partial charge is 0.378 e. The standard InChI is InChI=1S/C34H50N4O3.ClH/c1-4-6-8-28-11-13-31(14-12-28)33(39)35-32-10-7-9-30(25-32)24-27(3)38(17-5-2)26-29-15-18-36(19-16-29)34(40)37-20-22-41-23-21-37;/h7,9-14,25,27,29H,4-6,8,15-24,26H2,1-3H3,(H,35,39);1H. The molecule has 1 N–H and O–H groups in total. The molecule has 2 fully saturated rings. The number of nitrogens with zero attached hydrogens (tertiary/aromatic N) is 3. The molecule has 2 aromatic rings. The number of hydrogen-bond acceptors (Lipinski definition) is 4. The topological polar surface area (TPSA) is 65.1 Å². The van der Waals surface area contributed by atoms with E-state index in [1.807, 2.05) is 34.1 Å². The van der Waals surface area contributed by atoms with E-state index >= 15 is 0 Å². The molecule has 3 amide bonds. The number of carbonyl (C=O) groups is 2. The summed E-state index contributed by atoms with van der Waals surface area (Å²) in [5.74, 6) is 0.542. The third-order valence-corrected chi connectivity index (χ3v) is 8.54. The fourth-order valence-corrected chi connectivity index (χ4v) is 6.03. The zero-order valence-corrected chi connectivity index (χ0v) is 26.7. The van der Waals surface area contributed by atoms with Gasteiger partial charge in [-0.1, -0.05) is 44.5 Å². The quantitative estimate of drug-likeness (QED) is 0.302. The fraction of sp³-hybridized carbons (Fsp3) is 0.588. The van der Waals surface area contributed by atoms with Crippen molar-refractivity contribution in [3.63, 3.8) is 0 Å². The van der Waals surface area contributed by atoms with Gasteiger partial charge in [-0.25, -0.2) is 4.79 Å². The van der Waals surface area contributed by atoms with Gasteiger partial charge in [-0.15, -0.1) is 12.4 Å². The lowest BCUT2D eigenvalue weighted by Crippen LogP contribution is -2.51. The number of likely N-dealkylation sites (tertiary alicyclic amines) is 1. The van der Waals surface area contributed by atoms with Crippen LogP contribution in [0.25, 0.3) is 0 Å². The summed E-state index contributed by atoms with van der Waals surface area (Å²) in [6, 6.07) is 16.8. The van der Waals surface area contributed by atoms with Gasteiger partial charge >= 0.3 is 6.03 Å². The molecule has 2 aliphatic heterocycles. The predicted molar refractivity (Wildman–Crippen MR) is 174 cm³/mol. The summed E-state index contributed by atoms with van der Waals surface area (Å²) in [6.45, 7) is 13.3. The first-order valence-electron chi connectivity index (χ1n) is 15.8. The van der Waals surface area contributed by atoms with Crippen molar-refractivity contribution in [1.29, 1.82) is 0 Å². The monoisotopic (exact) mass is 598 g/mol. The first-order valence-corrected chi connectivity index (χ1v) is 15.8. The minimum Gasteiger partial charge on any atom is -0.378 e. The smallest absolute Gasteiger partial charge is 0.320 e. The molecule has 8 heteroatoms. The Balaban J connectivity index is 0.00000484. The van der Waals surface area contributed by atoms with Gasteiger partial charge in [0.15, 0.2) is 0 Å². The van der Waals surface area contributed by atoms with Gasteiger partial charge in [0.2, 0.25) is 0 Å². The highest BCUT2D eigenvalue weighted by Gasteiger charge is 2.29. The third kappa shape index (κ3) is 9.99. The second-order valence-electron chi connectivity index (χ2n) is 11.8. The Hall–Kier alpha value is -2.61. The second kappa shape index (κ2) is 17.5. The number of halogens is 1. The van der Waals surface area contributed by atoms with Crippen LogP contribution in [-0.2, 0) is 17.6 Å². The molecule has 0 aliphatic carbocycles. The number of unbranched alkanes of at least 4 members (excludes halogenated alkanes) is 1. The number of nitrogens with one attached hydrogen (secondary N) is 1. The number of carbonyl (C=O) groups excluding carboxylic acids is 2. The number of ether oxygens (including phenoxy) is 1. The number of morpholine rings is 1. The minimum atomic E-state index is -0.0664. The number of benzene rings is 2. The highest BCUT2D eigenvalue weighted by atomic mass is 35.5. The number of urea groups is 1. The van der Waals surface area contributed by atoms with Crippen molar-refractivity contribution in [3.05, 3.63) is 65.2 Å². The van der Waals surface area contributed by atoms with Crippen molar-refractivity contribution in [2.45, 2.75) is 71.8 Å². The average Bonchev–Trinajstić information content (AvgIpc) is 3.00. The molecule has 2 heterocycles. The van der Waals surface area contributed by atoms with E-state index in [0.717, 1.165) is 64.0 Å². The Kier molecular flexibility index (Phi) is 14.1. The van der Waals surface area contributed by atoms with E-state index in [1.54, 1.807) is 0 Å². The molecule has 0 aromatic heterocycles.